The Morgan fingerprint density at radius 1 is 1.79 bits per heavy atom. The highest BCUT2D eigenvalue weighted by Crippen LogP contribution is 2.21. The average molecular weight is 212 g/mol. The molecule has 6 heteroatoms. The molecule has 1 aromatic rings. The maximum atomic E-state index is 10.9. The summed E-state index contributed by atoms with van der Waals surface area (Å²) >= 11 is 1.41. The summed E-state index contributed by atoms with van der Waals surface area (Å²) in [7, 11) is 0. The van der Waals surface area contributed by atoms with Crippen molar-refractivity contribution >= 4 is 22.4 Å². The Morgan fingerprint density at radius 3 is 3.00 bits per heavy atom. The summed E-state index contributed by atoms with van der Waals surface area (Å²) in [6.07, 6.45) is 0.856. The van der Waals surface area contributed by atoms with Gasteiger partial charge in [0.05, 0.1) is 11.7 Å². The molecule has 76 valence electrons. The maximum absolute atomic E-state index is 10.9. The van der Waals surface area contributed by atoms with Gasteiger partial charge in [-0.1, -0.05) is 0 Å². The van der Waals surface area contributed by atoms with Gasteiger partial charge in [0.1, 0.15) is 0 Å². The summed E-state index contributed by atoms with van der Waals surface area (Å²) in [5, 5.41) is 2.47. The Labute approximate surface area is 85.7 Å². The number of aromatic nitrogens is 1. The molecule has 1 amide bonds. The number of likely N-dealkylation sites (tertiary alicyclic amines) is 1. The van der Waals surface area contributed by atoms with Crippen LogP contribution in [0.15, 0.2) is 5.38 Å². The summed E-state index contributed by atoms with van der Waals surface area (Å²) in [6, 6.07) is -0.113. The molecule has 1 fully saturated rings. The molecular formula is C8H12N4OS. The van der Waals surface area contributed by atoms with Gasteiger partial charge in [-0.15, -0.1) is 11.3 Å². The van der Waals surface area contributed by atoms with Gasteiger partial charge in [0.2, 0.25) is 5.91 Å². The number of amides is 1. The van der Waals surface area contributed by atoms with E-state index >= 15 is 0 Å². The number of hydrogen-bond donors (Lipinski definition) is 2. The van der Waals surface area contributed by atoms with E-state index in [1.165, 1.54) is 11.3 Å². The van der Waals surface area contributed by atoms with E-state index < -0.39 is 0 Å². The van der Waals surface area contributed by atoms with Gasteiger partial charge in [0, 0.05) is 18.5 Å². The zero-order valence-electron chi connectivity index (χ0n) is 7.64. The van der Waals surface area contributed by atoms with Gasteiger partial charge in [-0.25, -0.2) is 4.98 Å². The molecular weight excluding hydrogens is 200 g/mol. The van der Waals surface area contributed by atoms with Crippen molar-refractivity contribution in [2.75, 3.05) is 12.3 Å². The van der Waals surface area contributed by atoms with Crippen molar-refractivity contribution in [3.63, 3.8) is 0 Å². The number of thiazole rings is 1. The second-order valence-corrected chi connectivity index (χ2v) is 4.24. The third-order valence-corrected chi connectivity index (χ3v) is 3.12. The lowest BCUT2D eigenvalue weighted by molar-refractivity contribution is -0.127. The fraction of sp³-hybridized carbons (Fsp3) is 0.500. The van der Waals surface area contributed by atoms with Crippen LogP contribution in [0.4, 0.5) is 5.13 Å². The number of rotatable bonds is 3. The van der Waals surface area contributed by atoms with Gasteiger partial charge in [0.25, 0.3) is 0 Å². The molecule has 5 nitrogen and oxygen atoms in total. The maximum Gasteiger partial charge on any atom is 0.234 e. The number of nitrogens with two attached hydrogens (primary N) is 2. The van der Waals surface area contributed by atoms with Crippen LogP contribution in [0.5, 0.6) is 0 Å². The monoisotopic (exact) mass is 212 g/mol. The molecule has 1 saturated heterocycles. The molecule has 0 saturated carbocycles. The summed E-state index contributed by atoms with van der Waals surface area (Å²) in [5.41, 5.74) is 11.6. The van der Waals surface area contributed by atoms with E-state index in [0.29, 0.717) is 11.7 Å². The molecule has 0 aliphatic carbocycles. The summed E-state index contributed by atoms with van der Waals surface area (Å²) in [4.78, 5) is 17.1. The van der Waals surface area contributed by atoms with E-state index in [9.17, 15) is 4.79 Å². The first-order valence-electron chi connectivity index (χ1n) is 4.40. The van der Waals surface area contributed by atoms with Gasteiger partial charge >= 0.3 is 0 Å². The van der Waals surface area contributed by atoms with Crippen LogP contribution < -0.4 is 11.5 Å². The van der Waals surface area contributed by atoms with Gasteiger partial charge in [-0.05, 0) is 6.42 Å². The van der Waals surface area contributed by atoms with Crippen molar-refractivity contribution in [3.05, 3.63) is 11.1 Å². The standard InChI is InChI=1S/C8H12N4OS/c9-7(13)6-1-2-12(6)3-5-4-14-8(10)11-5/h4,6H,1-3H2,(H2,9,13)(H2,10,11). The second-order valence-electron chi connectivity index (χ2n) is 3.35. The van der Waals surface area contributed by atoms with Crippen LogP contribution in [0.2, 0.25) is 0 Å². The van der Waals surface area contributed by atoms with E-state index in [4.69, 9.17) is 11.5 Å². The first-order valence-corrected chi connectivity index (χ1v) is 5.28. The number of anilines is 1. The quantitative estimate of drug-likeness (QED) is 0.725. The van der Waals surface area contributed by atoms with E-state index in [-0.39, 0.29) is 11.9 Å². The van der Waals surface area contributed by atoms with Crippen molar-refractivity contribution < 1.29 is 4.79 Å². The minimum Gasteiger partial charge on any atom is -0.375 e. The predicted octanol–water partition coefficient (Wildman–Crippen LogP) is -0.215. The van der Waals surface area contributed by atoms with Crippen LogP contribution in [0.25, 0.3) is 0 Å². The SMILES string of the molecule is NC(=O)C1CCN1Cc1csc(N)n1. The third kappa shape index (κ3) is 1.71. The highest BCUT2D eigenvalue weighted by atomic mass is 32.1. The Hall–Kier alpha value is -1.14. The normalized spacial score (nSPS) is 21.9. The largest absolute Gasteiger partial charge is 0.375 e. The molecule has 2 rings (SSSR count). The summed E-state index contributed by atoms with van der Waals surface area (Å²) < 4.78 is 0. The molecule has 1 unspecified atom stereocenters. The minimum atomic E-state index is -0.251. The third-order valence-electron chi connectivity index (χ3n) is 2.39. The van der Waals surface area contributed by atoms with Crippen LogP contribution >= 0.6 is 11.3 Å². The number of nitrogens with zero attached hydrogens (tertiary/aromatic N) is 2. The molecule has 1 aliphatic heterocycles. The van der Waals surface area contributed by atoms with Crippen molar-refractivity contribution in [1.29, 1.82) is 0 Å². The van der Waals surface area contributed by atoms with Crippen LogP contribution in [0.1, 0.15) is 12.1 Å². The number of primary amides is 1. The summed E-state index contributed by atoms with van der Waals surface area (Å²) in [6.45, 7) is 1.58. The lowest BCUT2D eigenvalue weighted by atomic mass is 10.0. The summed E-state index contributed by atoms with van der Waals surface area (Å²) in [5.74, 6) is -0.251. The van der Waals surface area contributed by atoms with E-state index in [0.717, 1.165) is 18.7 Å². The Bertz CT molecular complexity index is 351. The predicted molar refractivity (Wildman–Crippen MR) is 54.5 cm³/mol. The van der Waals surface area contributed by atoms with Crippen LogP contribution in [0.3, 0.4) is 0 Å². The number of carbonyl (C=O) groups excluding carboxylic acids is 1. The van der Waals surface area contributed by atoms with E-state index in [2.05, 4.69) is 4.98 Å². The van der Waals surface area contributed by atoms with Crippen molar-refractivity contribution in [1.82, 2.24) is 9.88 Å². The Balaban J connectivity index is 1.95. The average Bonchev–Trinajstić information content (AvgIpc) is 2.44. The molecule has 2 heterocycles. The second kappa shape index (κ2) is 3.55. The van der Waals surface area contributed by atoms with Crippen molar-refractivity contribution in [2.45, 2.75) is 19.0 Å². The topological polar surface area (TPSA) is 85.2 Å². The van der Waals surface area contributed by atoms with E-state index in [1.807, 2.05) is 10.3 Å². The first-order chi connectivity index (χ1) is 6.66. The molecule has 4 N–H and O–H groups in total. The lowest BCUT2D eigenvalue weighted by Gasteiger charge is -2.38. The fourth-order valence-corrected chi connectivity index (χ4v) is 2.11. The number of hydrogen-bond acceptors (Lipinski definition) is 5. The van der Waals surface area contributed by atoms with Crippen molar-refractivity contribution in [2.24, 2.45) is 5.73 Å². The van der Waals surface area contributed by atoms with Gasteiger partial charge < -0.3 is 11.5 Å². The smallest absolute Gasteiger partial charge is 0.234 e. The van der Waals surface area contributed by atoms with E-state index in [1.54, 1.807) is 0 Å². The minimum absolute atomic E-state index is 0.113. The van der Waals surface area contributed by atoms with Gasteiger partial charge in [-0.2, -0.15) is 0 Å². The van der Waals surface area contributed by atoms with Gasteiger partial charge in [-0.3, -0.25) is 9.69 Å². The molecule has 0 aromatic carbocycles. The molecule has 0 radical (unpaired) electrons. The number of carbonyl (C=O) groups is 1. The lowest BCUT2D eigenvalue weighted by Crippen LogP contribution is -2.54. The Morgan fingerprint density at radius 2 is 2.57 bits per heavy atom. The first kappa shape index (κ1) is 9.42. The highest BCUT2D eigenvalue weighted by Gasteiger charge is 2.32. The van der Waals surface area contributed by atoms with Crippen molar-refractivity contribution in [3.8, 4) is 0 Å². The molecule has 0 spiro atoms. The molecule has 0 bridgehead atoms. The molecule has 1 aliphatic rings. The Kier molecular flexibility index (Phi) is 2.39. The van der Waals surface area contributed by atoms with Gasteiger partial charge in [0.15, 0.2) is 5.13 Å². The molecule has 14 heavy (non-hydrogen) atoms. The van der Waals surface area contributed by atoms with Crippen LogP contribution in [0, 0.1) is 0 Å². The molecule has 1 atom stereocenters. The number of nitrogen functional groups attached to an aromatic ring is 1. The zero-order chi connectivity index (χ0) is 10.1. The fourth-order valence-electron chi connectivity index (χ4n) is 1.56. The highest BCUT2D eigenvalue weighted by molar-refractivity contribution is 7.13. The zero-order valence-corrected chi connectivity index (χ0v) is 8.46. The van der Waals surface area contributed by atoms with Crippen LogP contribution in [-0.4, -0.2) is 28.4 Å². The van der Waals surface area contributed by atoms with Crippen LogP contribution in [-0.2, 0) is 11.3 Å². The molecule has 1 aromatic heterocycles.